The molecule has 0 atom stereocenters. The molecular formula is C12H14N2O6. The summed E-state index contributed by atoms with van der Waals surface area (Å²) < 4.78 is 9.47. The van der Waals surface area contributed by atoms with Gasteiger partial charge in [0.25, 0.3) is 5.91 Å². The first-order chi connectivity index (χ1) is 9.49. The number of carbonyl (C=O) groups excluding carboxylic acids is 2. The van der Waals surface area contributed by atoms with Gasteiger partial charge in [-0.15, -0.1) is 0 Å². The fraction of sp³-hybridized carbons (Fsp3) is 0.333. The van der Waals surface area contributed by atoms with E-state index in [-0.39, 0.29) is 30.2 Å². The molecular weight excluding hydrogens is 268 g/mol. The third kappa shape index (κ3) is 3.94. The van der Waals surface area contributed by atoms with Crippen LogP contribution in [0.3, 0.4) is 0 Å². The molecule has 0 aliphatic heterocycles. The Labute approximate surface area is 114 Å². The first-order valence-corrected chi connectivity index (χ1v) is 5.75. The van der Waals surface area contributed by atoms with E-state index in [2.05, 4.69) is 10.1 Å². The molecule has 0 aromatic heterocycles. The standard InChI is InChI=1S/C12H14N2O6/c1-3-20-11(15)7-13-12(16)8-4-5-10(19-2)9(6-8)14(17)18/h4-6H,3,7H2,1-2H3,(H,13,16). The molecule has 1 aromatic rings. The van der Waals surface area contributed by atoms with Gasteiger partial charge < -0.3 is 14.8 Å². The van der Waals surface area contributed by atoms with E-state index in [1.54, 1.807) is 6.92 Å². The number of nitro benzene ring substituents is 1. The highest BCUT2D eigenvalue weighted by atomic mass is 16.6. The topological polar surface area (TPSA) is 108 Å². The molecule has 1 rings (SSSR count). The first kappa shape index (κ1) is 15.4. The summed E-state index contributed by atoms with van der Waals surface area (Å²) >= 11 is 0. The number of ether oxygens (including phenoxy) is 2. The smallest absolute Gasteiger partial charge is 0.325 e. The number of esters is 1. The van der Waals surface area contributed by atoms with Crippen molar-refractivity contribution >= 4 is 17.6 Å². The number of methoxy groups -OCH3 is 1. The van der Waals surface area contributed by atoms with Gasteiger partial charge in [-0.1, -0.05) is 0 Å². The van der Waals surface area contributed by atoms with Gasteiger partial charge in [-0.3, -0.25) is 19.7 Å². The van der Waals surface area contributed by atoms with Gasteiger partial charge >= 0.3 is 11.7 Å². The summed E-state index contributed by atoms with van der Waals surface area (Å²) in [6.07, 6.45) is 0. The number of benzene rings is 1. The van der Waals surface area contributed by atoms with Gasteiger partial charge in [0.15, 0.2) is 5.75 Å². The zero-order chi connectivity index (χ0) is 15.1. The van der Waals surface area contributed by atoms with Crippen molar-refractivity contribution < 1.29 is 24.0 Å². The van der Waals surface area contributed by atoms with Crippen LogP contribution < -0.4 is 10.1 Å². The molecule has 0 heterocycles. The van der Waals surface area contributed by atoms with E-state index < -0.39 is 16.8 Å². The zero-order valence-corrected chi connectivity index (χ0v) is 11.0. The quantitative estimate of drug-likeness (QED) is 0.471. The number of carbonyl (C=O) groups is 2. The van der Waals surface area contributed by atoms with Gasteiger partial charge in [0.1, 0.15) is 6.54 Å². The average molecular weight is 282 g/mol. The molecule has 20 heavy (non-hydrogen) atoms. The van der Waals surface area contributed by atoms with Crippen molar-refractivity contribution in [1.82, 2.24) is 5.32 Å². The van der Waals surface area contributed by atoms with E-state index in [0.717, 1.165) is 6.07 Å². The number of amides is 1. The van der Waals surface area contributed by atoms with Crippen LogP contribution in [0.25, 0.3) is 0 Å². The molecule has 0 aliphatic carbocycles. The van der Waals surface area contributed by atoms with E-state index >= 15 is 0 Å². The van der Waals surface area contributed by atoms with Crippen LogP contribution in [0.15, 0.2) is 18.2 Å². The summed E-state index contributed by atoms with van der Waals surface area (Å²) in [5, 5.41) is 13.1. The van der Waals surface area contributed by atoms with Crippen molar-refractivity contribution in [2.45, 2.75) is 6.92 Å². The van der Waals surface area contributed by atoms with Gasteiger partial charge in [-0.2, -0.15) is 0 Å². The molecule has 0 unspecified atom stereocenters. The Kier molecular flexibility index (Phi) is 5.45. The number of rotatable bonds is 6. The van der Waals surface area contributed by atoms with Crippen LogP contribution in [0.2, 0.25) is 0 Å². The van der Waals surface area contributed by atoms with E-state index in [9.17, 15) is 19.7 Å². The Hall–Kier alpha value is -2.64. The van der Waals surface area contributed by atoms with E-state index in [1.807, 2.05) is 0 Å². The summed E-state index contributed by atoms with van der Waals surface area (Å²) in [6, 6.07) is 3.77. The monoisotopic (exact) mass is 282 g/mol. The molecule has 1 aromatic carbocycles. The molecule has 1 amide bonds. The van der Waals surface area contributed by atoms with Crippen molar-refractivity contribution in [3.8, 4) is 5.75 Å². The maximum atomic E-state index is 11.7. The van der Waals surface area contributed by atoms with E-state index in [0.29, 0.717) is 0 Å². The van der Waals surface area contributed by atoms with Gasteiger partial charge in [0, 0.05) is 11.6 Å². The average Bonchev–Trinajstić information content (AvgIpc) is 2.44. The summed E-state index contributed by atoms with van der Waals surface area (Å²) in [5.41, 5.74) is -0.266. The lowest BCUT2D eigenvalue weighted by molar-refractivity contribution is -0.385. The maximum absolute atomic E-state index is 11.7. The molecule has 0 fully saturated rings. The molecule has 0 bridgehead atoms. The van der Waals surface area contributed by atoms with E-state index in [1.165, 1.54) is 19.2 Å². The predicted molar refractivity (Wildman–Crippen MR) is 68.6 cm³/mol. The van der Waals surface area contributed by atoms with Crippen LogP contribution in [0.1, 0.15) is 17.3 Å². The summed E-state index contributed by atoms with van der Waals surface area (Å²) in [4.78, 5) is 33.0. The van der Waals surface area contributed by atoms with Crippen molar-refractivity contribution in [3.05, 3.63) is 33.9 Å². The largest absolute Gasteiger partial charge is 0.490 e. The van der Waals surface area contributed by atoms with Crippen LogP contribution in [-0.4, -0.2) is 37.1 Å². The molecule has 108 valence electrons. The highest BCUT2D eigenvalue weighted by Gasteiger charge is 2.18. The summed E-state index contributed by atoms with van der Waals surface area (Å²) in [6.45, 7) is 1.56. The van der Waals surface area contributed by atoms with Crippen LogP contribution in [0, 0.1) is 10.1 Å². The van der Waals surface area contributed by atoms with Crippen LogP contribution in [0.5, 0.6) is 5.75 Å². The predicted octanol–water partition coefficient (Wildman–Crippen LogP) is 0.896. The third-order valence-corrected chi connectivity index (χ3v) is 2.34. The van der Waals surface area contributed by atoms with Crippen LogP contribution in [0.4, 0.5) is 5.69 Å². The maximum Gasteiger partial charge on any atom is 0.325 e. The van der Waals surface area contributed by atoms with Crippen LogP contribution >= 0.6 is 0 Å². The number of nitrogens with one attached hydrogen (secondary N) is 1. The lowest BCUT2D eigenvalue weighted by Crippen LogP contribution is -2.30. The van der Waals surface area contributed by atoms with Crippen LogP contribution in [-0.2, 0) is 9.53 Å². The molecule has 0 spiro atoms. The highest BCUT2D eigenvalue weighted by Crippen LogP contribution is 2.27. The zero-order valence-electron chi connectivity index (χ0n) is 11.0. The number of hydrogen-bond acceptors (Lipinski definition) is 6. The Morgan fingerprint density at radius 3 is 2.65 bits per heavy atom. The fourth-order valence-corrected chi connectivity index (χ4v) is 1.44. The molecule has 8 heteroatoms. The number of nitro groups is 1. The lowest BCUT2D eigenvalue weighted by atomic mass is 10.1. The third-order valence-electron chi connectivity index (χ3n) is 2.34. The number of hydrogen-bond donors (Lipinski definition) is 1. The van der Waals surface area contributed by atoms with Gasteiger partial charge in [0.2, 0.25) is 0 Å². The van der Waals surface area contributed by atoms with E-state index in [4.69, 9.17) is 4.74 Å². The highest BCUT2D eigenvalue weighted by molar-refractivity contribution is 5.96. The first-order valence-electron chi connectivity index (χ1n) is 5.75. The van der Waals surface area contributed by atoms with Gasteiger partial charge in [-0.25, -0.2) is 0 Å². The summed E-state index contributed by atoms with van der Waals surface area (Å²) in [7, 11) is 1.29. The summed E-state index contributed by atoms with van der Waals surface area (Å²) in [5.74, 6) is -1.13. The minimum Gasteiger partial charge on any atom is -0.490 e. The van der Waals surface area contributed by atoms with Gasteiger partial charge in [-0.05, 0) is 19.1 Å². The second-order valence-electron chi connectivity index (χ2n) is 3.63. The second-order valence-corrected chi connectivity index (χ2v) is 3.63. The fourth-order valence-electron chi connectivity index (χ4n) is 1.44. The Balaban J connectivity index is 2.81. The van der Waals surface area contributed by atoms with Crippen molar-refractivity contribution in [2.24, 2.45) is 0 Å². The minimum atomic E-state index is -0.652. The molecule has 0 radical (unpaired) electrons. The molecule has 0 saturated heterocycles. The minimum absolute atomic E-state index is 0.0527. The molecule has 0 saturated carbocycles. The molecule has 8 nitrogen and oxygen atoms in total. The molecule has 0 aliphatic rings. The normalized spacial score (nSPS) is 9.70. The van der Waals surface area contributed by atoms with Crippen molar-refractivity contribution in [2.75, 3.05) is 20.3 Å². The molecule has 1 N–H and O–H groups in total. The number of nitrogens with zero attached hydrogens (tertiary/aromatic N) is 1. The Morgan fingerprint density at radius 1 is 1.40 bits per heavy atom. The van der Waals surface area contributed by atoms with Crippen molar-refractivity contribution in [3.63, 3.8) is 0 Å². The Morgan fingerprint density at radius 2 is 2.10 bits per heavy atom. The lowest BCUT2D eigenvalue weighted by Gasteiger charge is -2.06. The second kappa shape index (κ2) is 7.07. The van der Waals surface area contributed by atoms with Crippen molar-refractivity contribution in [1.29, 1.82) is 0 Å². The SMILES string of the molecule is CCOC(=O)CNC(=O)c1ccc(OC)c([N+](=O)[O-])c1. The Bertz CT molecular complexity index is 529. The van der Waals surface area contributed by atoms with Gasteiger partial charge in [0.05, 0.1) is 18.6 Å².